The van der Waals surface area contributed by atoms with Gasteiger partial charge >= 0.3 is 17.9 Å². The predicted molar refractivity (Wildman–Crippen MR) is 93.6 cm³/mol. The van der Waals surface area contributed by atoms with E-state index in [2.05, 4.69) is 0 Å². The van der Waals surface area contributed by atoms with Crippen LogP contribution in [0.2, 0.25) is 0 Å². The van der Waals surface area contributed by atoms with E-state index in [4.69, 9.17) is 23.7 Å². The first-order chi connectivity index (χ1) is 13.3. The van der Waals surface area contributed by atoms with Gasteiger partial charge in [0.15, 0.2) is 24.6 Å². The summed E-state index contributed by atoms with van der Waals surface area (Å²) in [6, 6.07) is 9.18. The molecule has 9 heteroatoms. The summed E-state index contributed by atoms with van der Waals surface area (Å²) in [7, 11) is 0. The Morgan fingerprint density at radius 3 is 1.96 bits per heavy atom. The quantitative estimate of drug-likeness (QED) is 0.525. The maximum Gasteiger partial charge on any atom is 0.303 e. The molecule has 1 heterocycles. The zero-order chi connectivity index (χ0) is 20.7. The topological polar surface area (TPSA) is 118 Å². The van der Waals surface area contributed by atoms with E-state index in [0.717, 1.165) is 12.5 Å². The third-order valence-electron chi connectivity index (χ3n) is 3.93. The average Bonchev–Trinajstić information content (AvgIpc) is 2.63. The summed E-state index contributed by atoms with van der Waals surface area (Å²) in [5.74, 6) is -2.02. The van der Waals surface area contributed by atoms with E-state index in [-0.39, 0.29) is 6.61 Å². The Balaban J connectivity index is 2.29. The van der Waals surface area contributed by atoms with Crippen molar-refractivity contribution >= 4 is 17.9 Å². The second kappa shape index (κ2) is 10.2. The summed E-state index contributed by atoms with van der Waals surface area (Å²) in [6.45, 7) is 3.09. The molecular weight excluding hydrogens is 372 g/mol. The second-order valence-corrected chi connectivity index (χ2v) is 6.24. The number of hydrogen-bond donors (Lipinski definition) is 1. The lowest BCUT2D eigenvalue weighted by atomic mass is 9.98. The summed E-state index contributed by atoms with van der Waals surface area (Å²) >= 11 is 0. The summed E-state index contributed by atoms with van der Waals surface area (Å²) in [6.07, 6.45) is -5.78. The van der Waals surface area contributed by atoms with Crippen molar-refractivity contribution in [1.29, 1.82) is 0 Å². The zero-order valence-electron chi connectivity index (χ0n) is 15.9. The lowest BCUT2D eigenvalue weighted by molar-refractivity contribution is -0.310. The average molecular weight is 396 g/mol. The van der Waals surface area contributed by atoms with Crippen LogP contribution in [0.4, 0.5) is 0 Å². The molecule has 28 heavy (non-hydrogen) atoms. The molecule has 1 aromatic carbocycles. The van der Waals surface area contributed by atoms with Crippen molar-refractivity contribution in [3.8, 4) is 0 Å². The van der Waals surface area contributed by atoms with Crippen molar-refractivity contribution in [2.75, 3.05) is 6.61 Å². The SMILES string of the molecule is CC(=O)O[C@@H]1[C@@H](OC(C)=O)[C@H](OCc2ccccc2)O[C@H](CO)[C@H]1OC(C)=O. The van der Waals surface area contributed by atoms with E-state index in [9.17, 15) is 19.5 Å². The molecule has 1 N–H and O–H groups in total. The summed E-state index contributed by atoms with van der Waals surface area (Å²) in [4.78, 5) is 34.7. The maximum absolute atomic E-state index is 11.6. The Kier molecular flexibility index (Phi) is 7.91. The number of carbonyl (C=O) groups excluding carboxylic acids is 3. The molecule has 0 aliphatic carbocycles. The van der Waals surface area contributed by atoms with Gasteiger partial charge in [0.05, 0.1) is 13.2 Å². The van der Waals surface area contributed by atoms with Gasteiger partial charge in [-0.3, -0.25) is 14.4 Å². The molecule has 0 radical (unpaired) electrons. The van der Waals surface area contributed by atoms with E-state index in [1.165, 1.54) is 13.8 Å². The molecule has 0 spiro atoms. The Hall–Kier alpha value is -2.49. The van der Waals surface area contributed by atoms with E-state index in [0.29, 0.717) is 0 Å². The molecule has 0 unspecified atom stereocenters. The van der Waals surface area contributed by atoms with E-state index in [1.54, 1.807) is 0 Å². The smallest absolute Gasteiger partial charge is 0.303 e. The van der Waals surface area contributed by atoms with Crippen LogP contribution in [-0.2, 0) is 44.7 Å². The van der Waals surface area contributed by atoms with Crippen LogP contribution >= 0.6 is 0 Å². The predicted octanol–water partition coefficient (Wildman–Crippen LogP) is 0.715. The standard InChI is InChI=1S/C19H24O9/c1-11(21)25-16-15(9-20)28-19(24-10-14-7-5-4-6-8-14)18(27-13(3)23)17(16)26-12(2)22/h4-8,15-20H,9-10H2,1-3H3/t15-,16-,17+,18-,19-/m1/s1. The lowest BCUT2D eigenvalue weighted by Gasteiger charge is -2.43. The van der Waals surface area contributed by atoms with Crippen LogP contribution in [0.3, 0.4) is 0 Å². The number of aliphatic hydroxyl groups excluding tert-OH is 1. The fraction of sp³-hybridized carbons (Fsp3) is 0.526. The van der Waals surface area contributed by atoms with Crippen LogP contribution in [-0.4, -0.2) is 60.3 Å². The third kappa shape index (κ3) is 6.01. The molecule has 0 saturated carbocycles. The van der Waals surface area contributed by atoms with Gasteiger partial charge in [-0.2, -0.15) is 0 Å². The highest BCUT2D eigenvalue weighted by molar-refractivity contribution is 5.68. The van der Waals surface area contributed by atoms with Gasteiger partial charge in [-0.15, -0.1) is 0 Å². The first-order valence-electron chi connectivity index (χ1n) is 8.75. The van der Waals surface area contributed by atoms with E-state index in [1.807, 2.05) is 30.3 Å². The number of ether oxygens (including phenoxy) is 5. The number of aliphatic hydroxyl groups is 1. The number of benzene rings is 1. The molecule has 2 rings (SSSR count). The van der Waals surface area contributed by atoms with Gasteiger partial charge in [-0.25, -0.2) is 0 Å². The monoisotopic (exact) mass is 396 g/mol. The minimum absolute atomic E-state index is 0.118. The third-order valence-corrected chi connectivity index (χ3v) is 3.93. The van der Waals surface area contributed by atoms with Gasteiger partial charge in [-0.1, -0.05) is 30.3 Å². The largest absolute Gasteiger partial charge is 0.456 e. The Bertz CT molecular complexity index is 675. The summed E-state index contributed by atoms with van der Waals surface area (Å²) in [5, 5.41) is 9.68. The van der Waals surface area contributed by atoms with Crippen molar-refractivity contribution in [2.45, 2.75) is 58.1 Å². The molecule has 0 bridgehead atoms. The van der Waals surface area contributed by atoms with Crippen molar-refractivity contribution in [2.24, 2.45) is 0 Å². The molecule has 154 valence electrons. The van der Waals surface area contributed by atoms with Gasteiger partial charge < -0.3 is 28.8 Å². The first kappa shape index (κ1) is 21.8. The molecule has 5 atom stereocenters. The highest BCUT2D eigenvalue weighted by atomic mass is 16.7. The molecule has 1 aromatic rings. The minimum atomic E-state index is -1.21. The van der Waals surface area contributed by atoms with Crippen LogP contribution in [0.1, 0.15) is 26.3 Å². The van der Waals surface area contributed by atoms with Gasteiger partial charge in [0.2, 0.25) is 0 Å². The van der Waals surface area contributed by atoms with Crippen LogP contribution in [0.25, 0.3) is 0 Å². The number of carbonyl (C=O) groups is 3. The second-order valence-electron chi connectivity index (χ2n) is 6.24. The molecule has 1 saturated heterocycles. The van der Waals surface area contributed by atoms with Crippen LogP contribution in [0.5, 0.6) is 0 Å². The summed E-state index contributed by atoms with van der Waals surface area (Å²) in [5.41, 5.74) is 0.833. The van der Waals surface area contributed by atoms with E-state index >= 15 is 0 Å². The maximum atomic E-state index is 11.6. The Morgan fingerprint density at radius 2 is 1.43 bits per heavy atom. The van der Waals surface area contributed by atoms with Crippen molar-refractivity contribution in [3.63, 3.8) is 0 Å². The van der Waals surface area contributed by atoms with Crippen molar-refractivity contribution in [3.05, 3.63) is 35.9 Å². The van der Waals surface area contributed by atoms with Gasteiger partial charge in [0, 0.05) is 20.8 Å². The molecule has 9 nitrogen and oxygen atoms in total. The highest BCUT2D eigenvalue weighted by Crippen LogP contribution is 2.30. The molecule has 1 aliphatic rings. The lowest BCUT2D eigenvalue weighted by Crippen LogP contribution is -2.62. The van der Waals surface area contributed by atoms with E-state index < -0.39 is 55.2 Å². The molecular formula is C19H24O9. The number of esters is 3. The van der Waals surface area contributed by atoms with Crippen LogP contribution in [0, 0.1) is 0 Å². The van der Waals surface area contributed by atoms with Crippen LogP contribution < -0.4 is 0 Å². The minimum Gasteiger partial charge on any atom is -0.456 e. The van der Waals surface area contributed by atoms with Crippen molar-refractivity contribution in [1.82, 2.24) is 0 Å². The Labute approximate surface area is 162 Å². The van der Waals surface area contributed by atoms with Gasteiger partial charge in [-0.05, 0) is 5.56 Å². The Morgan fingerprint density at radius 1 is 0.893 bits per heavy atom. The van der Waals surface area contributed by atoms with Crippen molar-refractivity contribution < 1.29 is 43.2 Å². The molecule has 1 fully saturated rings. The number of rotatable bonds is 7. The van der Waals surface area contributed by atoms with Gasteiger partial charge in [0.25, 0.3) is 0 Å². The molecule has 0 aromatic heterocycles. The fourth-order valence-electron chi connectivity index (χ4n) is 2.89. The van der Waals surface area contributed by atoms with Gasteiger partial charge in [0.1, 0.15) is 6.10 Å². The normalized spacial score (nSPS) is 26.9. The highest BCUT2D eigenvalue weighted by Gasteiger charge is 2.52. The zero-order valence-corrected chi connectivity index (χ0v) is 15.9. The van der Waals surface area contributed by atoms with Crippen LogP contribution in [0.15, 0.2) is 30.3 Å². The molecule has 0 amide bonds. The first-order valence-corrected chi connectivity index (χ1v) is 8.75. The molecule has 1 aliphatic heterocycles. The summed E-state index contributed by atoms with van der Waals surface area (Å²) < 4.78 is 27.1. The number of hydrogen-bond acceptors (Lipinski definition) is 9. The fourth-order valence-corrected chi connectivity index (χ4v) is 2.89.